The third kappa shape index (κ3) is 4.50. The summed E-state index contributed by atoms with van der Waals surface area (Å²) < 4.78 is 0. The van der Waals surface area contributed by atoms with Gasteiger partial charge in [0.1, 0.15) is 0 Å². The smallest absolute Gasteiger partial charge is 0.225 e. The van der Waals surface area contributed by atoms with Gasteiger partial charge < -0.3 is 15.1 Å². The van der Waals surface area contributed by atoms with E-state index in [1.807, 2.05) is 12.1 Å². The lowest BCUT2D eigenvalue weighted by Crippen LogP contribution is -2.38. The van der Waals surface area contributed by atoms with Gasteiger partial charge >= 0.3 is 0 Å². The molecule has 24 heavy (non-hydrogen) atoms. The Balaban J connectivity index is 1.51. The van der Waals surface area contributed by atoms with E-state index in [9.17, 15) is 4.79 Å². The third-order valence-electron chi connectivity index (χ3n) is 5.64. The van der Waals surface area contributed by atoms with Gasteiger partial charge in [-0.15, -0.1) is 0 Å². The molecule has 4 nitrogen and oxygen atoms in total. The number of benzene rings is 1. The van der Waals surface area contributed by atoms with Crippen molar-refractivity contribution in [1.29, 1.82) is 0 Å². The molecule has 2 heterocycles. The van der Waals surface area contributed by atoms with Gasteiger partial charge in [-0.05, 0) is 69.5 Å². The van der Waals surface area contributed by atoms with Crippen LogP contribution in [0, 0.1) is 5.92 Å². The van der Waals surface area contributed by atoms with E-state index in [4.69, 9.17) is 0 Å². The van der Waals surface area contributed by atoms with Crippen molar-refractivity contribution >= 4 is 17.3 Å². The predicted molar refractivity (Wildman–Crippen MR) is 101 cm³/mol. The molecular formula is C20H31N3O. The van der Waals surface area contributed by atoms with Crippen LogP contribution in [0.1, 0.15) is 45.4 Å². The summed E-state index contributed by atoms with van der Waals surface area (Å²) >= 11 is 0. The van der Waals surface area contributed by atoms with E-state index < -0.39 is 0 Å². The quantitative estimate of drug-likeness (QED) is 0.914. The Morgan fingerprint density at radius 3 is 2.46 bits per heavy atom. The zero-order valence-electron chi connectivity index (χ0n) is 15.1. The number of amides is 1. The van der Waals surface area contributed by atoms with Crippen LogP contribution in [0.15, 0.2) is 24.3 Å². The van der Waals surface area contributed by atoms with Crippen LogP contribution < -0.4 is 10.2 Å². The first-order valence-corrected chi connectivity index (χ1v) is 9.47. The molecule has 1 unspecified atom stereocenters. The van der Waals surface area contributed by atoms with E-state index in [-0.39, 0.29) is 5.91 Å². The minimum absolute atomic E-state index is 0.133. The fourth-order valence-electron chi connectivity index (χ4n) is 3.85. The number of likely N-dealkylation sites (tertiary alicyclic amines) is 1. The summed E-state index contributed by atoms with van der Waals surface area (Å²) in [5.41, 5.74) is 2.18. The van der Waals surface area contributed by atoms with E-state index in [2.05, 4.69) is 41.2 Å². The van der Waals surface area contributed by atoms with Crippen LogP contribution in [0.2, 0.25) is 0 Å². The molecule has 0 saturated carbocycles. The first-order chi connectivity index (χ1) is 11.6. The van der Waals surface area contributed by atoms with Crippen LogP contribution in [-0.2, 0) is 4.79 Å². The Hall–Kier alpha value is -1.55. The second kappa shape index (κ2) is 8.02. The maximum absolute atomic E-state index is 12.3. The lowest BCUT2D eigenvalue weighted by Gasteiger charge is -2.32. The Morgan fingerprint density at radius 1 is 1.08 bits per heavy atom. The number of anilines is 2. The Labute approximate surface area is 146 Å². The van der Waals surface area contributed by atoms with Gasteiger partial charge in [-0.1, -0.05) is 13.3 Å². The molecule has 0 aliphatic carbocycles. The average Bonchev–Trinajstić information content (AvgIpc) is 2.58. The van der Waals surface area contributed by atoms with Crippen molar-refractivity contribution in [3.05, 3.63) is 24.3 Å². The van der Waals surface area contributed by atoms with Crippen LogP contribution in [0.3, 0.4) is 0 Å². The normalized spacial score (nSPS) is 23.2. The number of nitrogens with zero attached hydrogens (tertiary/aromatic N) is 2. The highest BCUT2D eigenvalue weighted by atomic mass is 16.1. The Bertz CT molecular complexity index is 534. The van der Waals surface area contributed by atoms with E-state index >= 15 is 0 Å². The molecule has 1 atom stereocenters. The minimum Gasteiger partial charge on any atom is -0.372 e. The molecule has 0 spiro atoms. The van der Waals surface area contributed by atoms with Crippen LogP contribution >= 0.6 is 0 Å². The van der Waals surface area contributed by atoms with Crippen molar-refractivity contribution in [2.75, 3.05) is 36.9 Å². The first kappa shape index (κ1) is 17.3. The van der Waals surface area contributed by atoms with Crippen LogP contribution in [-0.4, -0.2) is 43.5 Å². The van der Waals surface area contributed by atoms with Gasteiger partial charge in [-0.25, -0.2) is 0 Å². The predicted octanol–water partition coefficient (Wildman–Crippen LogP) is 3.74. The summed E-state index contributed by atoms with van der Waals surface area (Å²) in [6.45, 7) is 5.72. The van der Waals surface area contributed by atoms with Gasteiger partial charge in [0.25, 0.3) is 0 Å². The lowest BCUT2D eigenvalue weighted by molar-refractivity contribution is -0.117. The van der Waals surface area contributed by atoms with Crippen molar-refractivity contribution in [3.63, 3.8) is 0 Å². The van der Waals surface area contributed by atoms with Gasteiger partial charge in [-0.3, -0.25) is 4.79 Å². The molecule has 1 aromatic carbocycles. The van der Waals surface area contributed by atoms with Crippen molar-refractivity contribution in [1.82, 2.24) is 4.90 Å². The largest absolute Gasteiger partial charge is 0.372 e. The number of hydrogen-bond donors (Lipinski definition) is 1. The van der Waals surface area contributed by atoms with Gasteiger partial charge in [0.05, 0.1) is 0 Å². The average molecular weight is 329 g/mol. The number of carbonyl (C=O) groups is 1. The van der Waals surface area contributed by atoms with Gasteiger partial charge in [-0.2, -0.15) is 0 Å². The SMILES string of the molecule is CC1CCN(c2ccc(NC(=O)CC3CCCCN3C)cc2)CC1. The Kier molecular flexibility index (Phi) is 5.77. The molecule has 1 N–H and O–H groups in total. The highest BCUT2D eigenvalue weighted by Gasteiger charge is 2.21. The van der Waals surface area contributed by atoms with E-state index in [1.54, 1.807) is 0 Å². The summed E-state index contributed by atoms with van der Waals surface area (Å²) in [7, 11) is 2.13. The highest BCUT2D eigenvalue weighted by molar-refractivity contribution is 5.91. The molecule has 2 aliphatic rings. The molecule has 2 aliphatic heterocycles. The van der Waals surface area contributed by atoms with Crippen molar-refractivity contribution < 1.29 is 4.79 Å². The van der Waals surface area contributed by atoms with Crippen LogP contribution in [0.4, 0.5) is 11.4 Å². The second-order valence-electron chi connectivity index (χ2n) is 7.60. The molecule has 3 rings (SSSR count). The number of rotatable bonds is 4. The molecule has 132 valence electrons. The third-order valence-corrected chi connectivity index (χ3v) is 5.64. The van der Waals surface area contributed by atoms with Gasteiger partial charge in [0.2, 0.25) is 5.91 Å². The standard InChI is InChI=1S/C20H31N3O/c1-16-10-13-23(14-11-16)18-8-6-17(7-9-18)21-20(24)15-19-5-3-4-12-22(19)2/h6-9,16,19H,3-5,10-15H2,1-2H3,(H,21,24). The summed E-state index contributed by atoms with van der Waals surface area (Å²) in [6, 6.07) is 8.75. The first-order valence-electron chi connectivity index (χ1n) is 9.47. The number of hydrogen-bond acceptors (Lipinski definition) is 3. The molecule has 2 saturated heterocycles. The van der Waals surface area contributed by atoms with Crippen molar-refractivity contribution in [2.24, 2.45) is 5.92 Å². The zero-order chi connectivity index (χ0) is 16.9. The number of carbonyl (C=O) groups excluding carboxylic acids is 1. The van der Waals surface area contributed by atoms with Gasteiger partial charge in [0, 0.05) is 36.9 Å². The van der Waals surface area contributed by atoms with Crippen molar-refractivity contribution in [3.8, 4) is 0 Å². The molecular weight excluding hydrogens is 298 g/mol. The molecule has 4 heteroatoms. The monoisotopic (exact) mass is 329 g/mol. The minimum atomic E-state index is 0.133. The fourth-order valence-corrected chi connectivity index (χ4v) is 3.85. The maximum atomic E-state index is 12.3. The number of piperidine rings is 2. The molecule has 0 aromatic heterocycles. The highest BCUT2D eigenvalue weighted by Crippen LogP contribution is 2.24. The number of nitrogens with one attached hydrogen (secondary N) is 1. The molecule has 0 radical (unpaired) electrons. The van der Waals surface area contributed by atoms with E-state index in [0.717, 1.165) is 37.7 Å². The van der Waals surface area contributed by atoms with Gasteiger partial charge in [0.15, 0.2) is 0 Å². The molecule has 0 bridgehead atoms. The summed E-state index contributed by atoms with van der Waals surface area (Å²) in [5.74, 6) is 0.978. The topological polar surface area (TPSA) is 35.6 Å². The molecule has 2 fully saturated rings. The van der Waals surface area contributed by atoms with E-state index in [0.29, 0.717) is 12.5 Å². The molecule has 1 aromatic rings. The molecule has 1 amide bonds. The second-order valence-corrected chi connectivity index (χ2v) is 7.60. The summed E-state index contributed by atoms with van der Waals surface area (Å²) in [4.78, 5) is 17.1. The van der Waals surface area contributed by atoms with Crippen LogP contribution in [0.25, 0.3) is 0 Å². The lowest BCUT2D eigenvalue weighted by atomic mass is 9.99. The Morgan fingerprint density at radius 2 is 1.79 bits per heavy atom. The summed E-state index contributed by atoms with van der Waals surface area (Å²) in [5, 5.41) is 3.06. The summed E-state index contributed by atoms with van der Waals surface area (Å²) in [6.07, 6.45) is 6.77. The van der Waals surface area contributed by atoms with Crippen LogP contribution in [0.5, 0.6) is 0 Å². The van der Waals surface area contributed by atoms with E-state index in [1.165, 1.54) is 31.4 Å². The maximum Gasteiger partial charge on any atom is 0.225 e. The zero-order valence-corrected chi connectivity index (χ0v) is 15.1. The van der Waals surface area contributed by atoms with Crippen molar-refractivity contribution in [2.45, 2.75) is 51.5 Å². The fraction of sp³-hybridized carbons (Fsp3) is 0.650.